The van der Waals surface area contributed by atoms with Gasteiger partial charge in [-0.2, -0.15) is 0 Å². The van der Waals surface area contributed by atoms with Gasteiger partial charge >= 0.3 is 0 Å². The van der Waals surface area contributed by atoms with Gasteiger partial charge in [-0.3, -0.25) is 4.79 Å². The Labute approximate surface area is 150 Å². The molecule has 1 aromatic carbocycles. The molecule has 1 N–H and O–H groups in total. The van der Waals surface area contributed by atoms with Gasteiger partial charge in [0.05, 0.1) is 23.0 Å². The summed E-state index contributed by atoms with van der Waals surface area (Å²) in [6.45, 7) is 3.25. The summed E-state index contributed by atoms with van der Waals surface area (Å²) in [6, 6.07) is 5.19. The number of benzene rings is 1. The molecule has 3 rings (SSSR count). The van der Waals surface area contributed by atoms with E-state index in [1.807, 2.05) is 6.92 Å². The molecule has 128 valence electrons. The number of hydrogen-bond donors (Lipinski definition) is 1. The summed E-state index contributed by atoms with van der Waals surface area (Å²) in [6.07, 6.45) is 4.57. The standard InChI is InChI=1S/C17H19ClN2O3S/c1-2-16-19-9-15(24-16)17(21)20-13-8-11(18)5-6-14(13)23-10-12-4-3-7-22-12/h5-6,8-9,12H,2-4,7,10H2,1H3,(H,20,21). The average molecular weight is 367 g/mol. The van der Waals surface area contributed by atoms with Crippen LogP contribution in [0.1, 0.15) is 34.4 Å². The van der Waals surface area contributed by atoms with Crippen molar-refractivity contribution >= 4 is 34.5 Å². The Morgan fingerprint density at radius 3 is 3.12 bits per heavy atom. The third-order valence-corrected chi connectivity index (χ3v) is 5.09. The number of nitrogens with one attached hydrogen (secondary N) is 1. The summed E-state index contributed by atoms with van der Waals surface area (Å²) >= 11 is 7.45. The van der Waals surface area contributed by atoms with Gasteiger partial charge in [0.15, 0.2) is 0 Å². The first-order valence-electron chi connectivity index (χ1n) is 7.95. The molecule has 0 aliphatic carbocycles. The predicted octanol–water partition coefficient (Wildman–Crippen LogP) is 4.17. The lowest BCUT2D eigenvalue weighted by molar-refractivity contribution is 0.0682. The van der Waals surface area contributed by atoms with Gasteiger partial charge in [0.1, 0.15) is 17.2 Å². The van der Waals surface area contributed by atoms with Crippen LogP contribution in [0.15, 0.2) is 24.4 Å². The van der Waals surface area contributed by atoms with Crippen molar-refractivity contribution in [1.29, 1.82) is 0 Å². The van der Waals surface area contributed by atoms with Crippen LogP contribution in [0.4, 0.5) is 5.69 Å². The average Bonchev–Trinajstić information content (AvgIpc) is 3.25. The molecule has 0 radical (unpaired) electrons. The van der Waals surface area contributed by atoms with Crippen molar-refractivity contribution in [3.05, 3.63) is 39.3 Å². The topological polar surface area (TPSA) is 60.5 Å². The number of ether oxygens (including phenoxy) is 2. The zero-order chi connectivity index (χ0) is 16.9. The Bertz CT molecular complexity index is 714. The van der Waals surface area contributed by atoms with E-state index >= 15 is 0 Å². The molecule has 1 saturated heterocycles. The van der Waals surface area contributed by atoms with Crippen molar-refractivity contribution in [1.82, 2.24) is 4.98 Å². The minimum absolute atomic E-state index is 0.109. The molecule has 0 saturated carbocycles. The molecule has 7 heteroatoms. The summed E-state index contributed by atoms with van der Waals surface area (Å²) in [5.74, 6) is 0.375. The Morgan fingerprint density at radius 2 is 2.42 bits per heavy atom. The molecule has 0 spiro atoms. The number of aryl methyl sites for hydroxylation is 1. The number of rotatable bonds is 6. The smallest absolute Gasteiger partial charge is 0.267 e. The van der Waals surface area contributed by atoms with E-state index in [2.05, 4.69) is 10.3 Å². The maximum Gasteiger partial charge on any atom is 0.267 e. The van der Waals surface area contributed by atoms with Crippen molar-refractivity contribution in [3.63, 3.8) is 0 Å². The molecule has 1 unspecified atom stereocenters. The van der Waals surface area contributed by atoms with Gasteiger partial charge in [0.2, 0.25) is 0 Å². The quantitative estimate of drug-likeness (QED) is 0.833. The van der Waals surface area contributed by atoms with Crippen LogP contribution in [0, 0.1) is 0 Å². The van der Waals surface area contributed by atoms with Crippen LogP contribution in [0.3, 0.4) is 0 Å². The Kier molecular flexibility index (Phi) is 5.71. The number of aromatic nitrogens is 1. The van der Waals surface area contributed by atoms with Crippen LogP contribution in [-0.2, 0) is 11.2 Å². The molecule has 2 aromatic rings. The van der Waals surface area contributed by atoms with Crippen LogP contribution in [-0.4, -0.2) is 30.2 Å². The lowest BCUT2D eigenvalue weighted by Crippen LogP contribution is -2.18. The lowest BCUT2D eigenvalue weighted by atomic mass is 10.2. The molecule has 1 amide bonds. The van der Waals surface area contributed by atoms with E-state index in [1.54, 1.807) is 24.4 Å². The fourth-order valence-corrected chi connectivity index (χ4v) is 3.37. The first kappa shape index (κ1) is 17.2. The van der Waals surface area contributed by atoms with Crippen LogP contribution >= 0.6 is 22.9 Å². The van der Waals surface area contributed by atoms with E-state index in [9.17, 15) is 4.79 Å². The van der Waals surface area contributed by atoms with Gasteiger partial charge in [-0.25, -0.2) is 4.98 Å². The van der Waals surface area contributed by atoms with Crippen LogP contribution in [0.2, 0.25) is 5.02 Å². The highest BCUT2D eigenvalue weighted by Crippen LogP contribution is 2.30. The Balaban J connectivity index is 1.70. The second-order valence-corrected chi connectivity index (χ2v) is 7.06. The van der Waals surface area contributed by atoms with Gasteiger partial charge in [-0.15, -0.1) is 11.3 Å². The zero-order valence-corrected chi connectivity index (χ0v) is 15.0. The maximum absolute atomic E-state index is 12.4. The van der Waals surface area contributed by atoms with Gasteiger partial charge in [-0.1, -0.05) is 18.5 Å². The largest absolute Gasteiger partial charge is 0.489 e. The molecule has 1 aliphatic rings. The molecule has 5 nitrogen and oxygen atoms in total. The van der Waals surface area contributed by atoms with Crippen molar-refractivity contribution < 1.29 is 14.3 Å². The number of carbonyl (C=O) groups excluding carboxylic acids is 1. The van der Waals surface area contributed by atoms with Gasteiger partial charge < -0.3 is 14.8 Å². The highest BCUT2D eigenvalue weighted by Gasteiger charge is 2.18. The monoisotopic (exact) mass is 366 g/mol. The van der Waals surface area contributed by atoms with E-state index in [4.69, 9.17) is 21.1 Å². The van der Waals surface area contributed by atoms with Crippen LogP contribution in [0.25, 0.3) is 0 Å². The van der Waals surface area contributed by atoms with Crippen molar-refractivity contribution in [3.8, 4) is 5.75 Å². The molecular formula is C17H19ClN2O3S. The third kappa shape index (κ3) is 4.26. The van der Waals surface area contributed by atoms with E-state index in [0.717, 1.165) is 30.9 Å². The summed E-state index contributed by atoms with van der Waals surface area (Å²) < 4.78 is 11.4. The highest BCUT2D eigenvalue weighted by molar-refractivity contribution is 7.13. The van der Waals surface area contributed by atoms with Gasteiger partial charge in [0, 0.05) is 11.6 Å². The van der Waals surface area contributed by atoms with E-state index in [1.165, 1.54) is 11.3 Å². The summed E-state index contributed by atoms with van der Waals surface area (Å²) in [5.41, 5.74) is 0.553. The number of carbonyl (C=O) groups is 1. The van der Waals surface area contributed by atoms with Crippen molar-refractivity contribution in [2.24, 2.45) is 0 Å². The molecule has 1 aliphatic heterocycles. The zero-order valence-electron chi connectivity index (χ0n) is 13.4. The third-order valence-electron chi connectivity index (χ3n) is 3.72. The second-order valence-electron chi connectivity index (χ2n) is 5.51. The molecular weight excluding hydrogens is 348 g/mol. The minimum atomic E-state index is -0.212. The molecule has 1 fully saturated rings. The first-order chi connectivity index (χ1) is 11.7. The summed E-state index contributed by atoms with van der Waals surface area (Å²) in [4.78, 5) is 17.2. The number of thiazole rings is 1. The Morgan fingerprint density at radius 1 is 1.54 bits per heavy atom. The fourth-order valence-electron chi connectivity index (χ4n) is 2.45. The number of nitrogens with zero attached hydrogens (tertiary/aromatic N) is 1. The summed E-state index contributed by atoms with van der Waals surface area (Å²) in [7, 11) is 0. The fraction of sp³-hybridized carbons (Fsp3) is 0.412. The normalized spacial score (nSPS) is 17.0. The number of halogens is 1. The molecule has 0 bridgehead atoms. The van der Waals surface area contributed by atoms with Gasteiger partial charge in [-0.05, 0) is 37.5 Å². The number of hydrogen-bond acceptors (Lipinski definition) is 5. The first-order valence-corrected chi connectivity index (χ1v) is 9.15. The van der Waals surface area contributed by atoms with E-state index < -0.39 is 0 Å². The van der Waals surface area contributed by atoms with Crippen LogP contribution in [0.5, 0.6) is 5.75 Å². The highest BCUT2D eigenvalue weighted by atomic mass is 35.5. The lowest BCUT2D eigenvalue weighted by Gasteiger charge is -2.15. The minimum Gasteiger partial charge on any atom is -0.489 e. The molecule has 2 heterocycles. The SMILES string of the molecule is CCc1ncc(C(=O)Nc2cc(Cl)ccc2OCC2CCCO2)s1. The van der Waals surface area contributed by atoms with Gasteiger partial charge in [0.25, 0.3) is 5.91 Å². The molecule has 24 heavy (non-hydrogen) atoms. The summed E-state index contributed by atoms with van der Waals surface area (Å²) in [5, 5.41) is 4.33. The maximum atomic E-state index is 12.4. The predicted molar refractivity (Wildman–Crippen MR) is 95.4 cm³/mol. The van der Waals surface area contributed by atoms with E-state index in [0.29, 0.717) is 27.9 Å². The van der Waals surface area contributed by atoms with E-state index in [-0.39, 0.29) is 12.0 Å². The number of anilines is 1. The van der Waals surface area contributed by atoms with Crippen LogP contribution < -0.4 is 10.1 Å². The molecule has 1 atom stereocenters. The number of amides is 1. The van der Waals surface area contributed by atoms with Crippen molar-refractivity contribution in [2.45, 2.75) is 32.3 Å². The van der Waals surface area contributed by atoms with Crippen molar-refractivity contribution in [2.75, 3.05) is 18.5 Å². The molecule has 1 aromatic heterocycles. The Hall–Kier alpha value is -1.63. The second kappa shape index (κ2) is 7.96.